The van der Waals surface area contributed by atoms with Crippen LogP contribution < -0.4 is 11.1 Å². The van der Waals surface area contributed by atoms with Gasteiger partial charge >= 0.3 is 6.18 Å². The zero-order valence-electron chi connectivity index (χ0n) is 8.64. The number of anilines is 2. The van der Waals surface area contributed by atoms with Crippen LogP contribution in [0.5, 0.6) is 0 Å². The number of hydrogen-bond acceptors (Lipinski definition) is 2. The summed E-state index contributed by atoms with van der Waals surface area (Å²) in [6, 6.07) is 3.78. The van der Waals surface area contributed by atoms with Crippen LogP contribution in [0.3, 0.4) is 0 Å². The number of alkyl halides is 3. The highest BCUT2D eigenvalue weighted by molar-refractivity contribution is 5.58. The van der Waals surface area contributed by atoms with Crippen molar-refractivity contribution >= 4 is 11.4 Å². The first-order valence-electron chi connectivity index (χ1n) is 4.76. The molecule has 0 aliphatic carbocycles. The third kappa shape index (κ3) is 3.18. The molecule has 1 rings (SSSR count). The second kappa shape index (κ2) is 4.92. The van der Waals surface area contributed by atoms with Crippen LogP contribution in [0.1, 0.15) is 12.0 Å². The summed E-state index contributed by atoms with van der Waals surface area (Å²) >= 11 is 0. The second-order valence-corrected chi connectivity index (χ2v) is 3.30. The molecule has 16 heavy (non-hydrogen) atoms. The monoisotopic (exact) mass is 230 g/mol. The van der Waals surface area contributed by atoms with Gasteiger partial charge in [0.25, 0.3) is 0 Å². The van der Waals surface area contributed by atoms with E-state index in [1.54, 1.807) is 6.08 Å². The number of nitrogen functional groups attached to an aromatic ring is 1. The van der Waals surface area contributed by atoms with E-state index in [1.807, 2.05) is 0 Å². The van der Waals surface area contributed by atoms with E-state index >= 15 is 0 Å². The minimum atomic E-state index is -4.42. The maximum atomic E-state index is 12.5. The van der Waals surface area contributed by atoms with Crippen LogP contribution in [0, 0.1) is 0 Å². The smallest absolute Gasteiger partial charge is 0.398 e. The summed E-state index contributed by atoms with van der Waals surface area (Å²) in [5, 5.41) is 2.86. The van der Waals surface area contributed by atoms with E-state index in [4.69, 9.17) is 5.73 Å². The summed E-state index contributed by atoms with van der Waals surface area (Å²) in [7, 11) is 0. The molecule has 3 N–H and O–H groups in total. The lowest BCUT2D eigenvalue weighted by Crippen LogP contribution is -2.10. The van der Waals surface area contributed by atoms with E-state index in [-0.39, 0.29) is 5.69 Å². The van der Waals surface area contributed by atoms with Crippen molar-refractivity contribution in [3.63, 3.8) is 0 Å². The number of nitrogens with one attached hydrogen (secondary N) is 1. The van der Waals surface area contributed by atoms with Crippen molar-refractivity contribution in [2.45, 2.75) is 12.6 Å². The number of hydrogen-bond donors (Lipinski definition) is 2. The third-order valence-corrected chi connectivity index (χ3v) is 2.04. The second-order valence-electron chi connectivity index (χ2n) is 3.30. The van der Waals surface area contributed by atoms with Gasteiger partial charge in [-0.15, -0.1) is 6.58 Å². The Morgan fingerprint density at radius 3 is 2.62 bits per heavy atom. The Morgan fingerprint density at radius 2 is 2.06 bits per heavy atom. The Bertz CT molecular complexity index is 372. The van der Waals surface area contributed by atoms with Crippen LogP contribution in [-0.4, -0.2) is 6.54 Å². The molecule has 88 valence electrons. The molecule has 5 heteroatoms. The first-order valence-corrected chi connectivity index (χ1v) is 4.76. The van der Waals surface area contributed by atoms with Gasteiger partial charge in [-0.05, 0) is 24.6 Å². The molecule has 0 saturated heterocycles. The van der Waals surface area contributed by atoms with Crippen molar-refractivity contribution in [2.75, 3.05) is 17.6 Å². The Kier molecular flexibility index (Phi) is 3.82. The van der Waals surface area contributed by atoms with Crippen LogP contribution >= 0.6 is 0 Å². The largest absolute Gasteiger partial charge is 0.418 e. The number of halogens is 3. The minimum absolute atomic E-state index is 0.262. The normalized spacial score (nSPS) is 11.2. The van der Waals surface area contributed by atoms with Crippen molar-refractivity contribution in [2.24, 2.45) is 0 Å². The quantitative estimate of drug-likeness (QED) is 0.473. The highest BCUT2D eigenvalue weighted by Gasteiger charge is 2.33. The van der Waals surface area contributed by atoms with E-state index in [2.05, 4.69) is 11.9 Å². The molecule has 0 aromatic heterocycles. The molecule has 0 saturated carbocycles. The van der Waals surface area contributed by atoms with E-state index < -0.39 is 11.7 Å². The SMILES string of the molecule is C=CCCNc1ccc(N)c(C(F)(F)F)c1. The molecule has 0 heterocycles. The first-order chi connectivity index (χ1) is 7.45. The lowest BCUT2D eigenvalue weighted by atomic mass is 10.1. The summed E-state index contributed by atoms with van der Waals surface area (Å²) in [6.45, 7) is 4.07. The van der Waals surface area contributed by atoms with Gasteiger partial charge in [-0.1, -0.05) is 6.08 Å². The van der Waals surface area contributed by atoms with Crippen molar-refractivity contribution in [3.05, 3.63) is 36.4 Å². The fraction of sp³-hybridized carbons (Fsp3) is 0.273. The molecule has 1 aromatic rings. The van der Waals surface area contributed by atoms with Gasteiger partial charge < -0.3 is 11.1 Å². The minimum Gasteiger partial charge on any atom is -0.398 e. The lowest BCUT2D eigenvalue weighted by molar-refractivity contribution is -0.136. The van der Waals surface area contributed by atoms with E-state index in [0.717, 1.165) is 6.07 Å². The fourth-order valence-electron chi connectivity index (χ4n) is 1.23. The molecule has 0 aliphatic heterocycles. The van der Waals surface area contributed by atoms with Gasteiger partial charge in [0.2, 0.25) is 0 Å². The molecule has 1 aromatic carbocycles. The van der Waals surface area contributed by atoms with E-state index in [1.165, 1.54) is 12.1 Å². The molecular weight excluding hydrogens is 217 g/mol. The van der Waals surface area contributed by atoms with Gasteiger partial charge in [0.1, 0.15) is 0 Å². The Labute approximate surface area is 92.0 Å². The first kappa shape index (κ1) is 12.4. The maximum absolute atomic E-state index is 12.5. The molecular formula is C11H13F3N2. The maximum Gasteiger partial charge on any atom is 0.418 e. The van der Waals surface area contributed by atoms with Crippen LogP contribution in [0.15, 0.2) is 30.9 Å². The predicted molar refractivity (Wildman–Crippen MR) is 59.2 cm³/mol. The fourth-order valence-corrected chi connectivity index (χ4v) is 1.23. The summed E-state index contributed by atoms with van der Waals surface area (Å²) in [5.41, 5.74) is 4.60. The summed E-state index contributed by atoms with van der Waals surface area (Å²) in [6.07, 6.45) is -2.04. The summed E-state index contributed by atoms with van der Waals surface area (Å²) in [4.78, 5) is 0. The van der Waals surface area contributed by atoms with Crippen LogP contribution in [0.4, 0.5) is 24.5 Å². The highest BCUT2D eigenvalue weighted by atomic mass is 19.4. The average molecular weight is 230 g/mol. The molecule has 0 spiro atoms. The van der Waals surface area contributed by atoms with Crippen molar-refractivity contribution < 1.29 is 13.2 Å². The Morgan fingerprint density at radius 1 is 1.38 bits per heavy atom. The van der Waals surface area contributed by atoms with Gasteiger partial charge in [-0.3, -0.25) is 0 Å². The number of nitrogens with two attached hydrogens (primary N) is 1. The number of rotatable bonds is 4. The molecule has 2 nitrogen and oxygen atoms in total. The average Bonchev–Trinajstić information content (AvgIpc) is 2.19. The Hall–Kier alpha value is -1.65. The van der Waals surface area contributed by atoms with E-state index in [0.29, 0.717) is 18.7 Å². The van der Waals surface area contributed by atoms with Crippen LogP contribution in [0.2, 0.25) is 0 Å². The molecule has 0 bridgehead atoms. The van der Waals surface area contributed by atoms with Crippen molar-refractivity contribution in [3.8, 4) is 0 Å². The molecule has 0 atom stereocenters. The van der Waals surface area contributed by atoms with E-state index in [9.17, 15) is 13.2 Å². The lowest BCUT2D eigenvalue weighted by Gasteiger charge is -2.12. The summed E-state index contributed by atoms with van der Waals surface area (Å²) in [5.74, 6) is 0. The van der Waals surface area contributed by atoms with Gasteiger partial charge in [0.05, 0.1) is 5.56 Å². The molecule has 0 unspecified atom stereocenters. The van der Waals surface area contributed by atoms with Gasteiger partial charge in [0.15, 0.2) is 0 Å². The predicted octanol–water partition coefficient (Wildman–Crippen LogP) is 3.28. The summed E-state index contributed by atoms with van der Waals surface area (Å²) < 4.78 is 37.5. The van der Waals surface area contributed by atoms with Gasteiger partial charge in [-0.2, -0.15) is 13.2 Å². The third-order valence-electron chi connectivity index (χ3n) is 2.04. The zero-order chi connectivity index (χ0) is 12.2. The van der Waals surface area contributed by atoms with Crippen LogP contribution in [-0.2, 0) is 6.18 Å². The number of benzene rings is 1. The topological polar surface area (TPSA) is 38.0 Å². The Balaban J connectivity index is 2.85. The van der Waals surface area contributed by atoms with Crippen LogP contribution in [0.25, 0.3) is 0 Å². The van der Waals surface area contributed by atoms with Crippen molar-refractivity contribution in [1.29, 1.82) is 0 Å². The molecule has 0 fully saturated rings. The standard InChI is InChI=1S/C11H13F3N2/c1-2-3-6-16-8-4-5-10(15)9(7-8)11(12,13)14/h2,4-5,7,16H,1,3,6,15H2. The van der Waals surface area contributed by atoms with Gasteiger partial charge in [0, 0.05) is 17.9 Å². The molecule has 0 aliphatic rings. The molecule has 0 amide bonds. The van der Waals surface area contributed by atoms with Crippen molar-refractivity contribution in [1.82, 2.24) is 0 Å². The highest BCUT2D eigenvalue weighted by Crippen LogP contribution is 2.35. The molecule has 0 radical (unpaired) electrons. The van der Waals surface area contributed by atoms with Gasteiger partial charge in [-0.25, -0.2) is 0 Å². The zero-order valence-corrected chi connectivity index (χ0v) is 8.64.